The molecule has 3 nitrogen and oxygen atoms in total. The molecule has 0 spiro atoms. The molecule has 0 N–H and O–H groups in total. The minimum atomic E-state index is -3.31. The lowest BCUT2D eigenvalue weighted by Gasteiger charge is -2.10. The third-order valence-electron chi connectivity index (χ3n) is 2.69. The molecule has 0 heterocycles. The first-order chi connectivity index (χ1) is 9.27. The van der Waals surface area contributed by atoms with Gasteiger partial charge in [0.25, 0.3) is 0 Å². The van der Waals surface area contributed by atoms with Gasteiger partial charge in [-0.25, -0.2) is 17.2 Å². The molecule has 6 heteroatoms. The third kappa shape index (κ3) is 3.14. The van der Waals surface area contributed by atoms with Crippen LogP contribution in [0, 0.1) is 18.6 Å². The fraction of sp³-hybridized carbons (Fsp3) is 0.143. The summed E-state index contributed by atoms with van der Waals surface area (Å²) < 4.78 is 54.4. The minimum Gasteiger partial charge on any atom is -0.454 e. The number of rotatable bonds is 3. The van der Waals surface area contributed by atoms with Crippen molar-refractivity contribution in [2.75, 3.05) is 6.26 Å². The van der Waals surface area contributed by atoms with Crippen LogP contribution in [-0.4, -0.2) is 14.7 Å². The monoisotopic (exact) mass is 298 g/mol. The smallest absolute Gasteiger partial charge is 0.175 e. The highest BCUT2D eigenvalue weighted by atomic mass is 32.2. The van der Waals surface area contributed by atoms with Crippen LogP contribution in [-0.2, 0) is 9.84 Å². The Labute approximate surface area is 115 Å². The van der Waals surface area contributed by atoms with Gasteiger partial charge in [0, 0.05) is 12.3 Å². The number of aryl methyl sites for hydroxylation is 1. The molecule has 0 aromatic heterocycles. The fourth-order valence-electron chi connectivity index (χ4n) is 1.64. The normalized spacial score (nSPS) is 11.4. The third-order valence-corrected chi connectivity index (χ3v) is 3.80. The maximum Gasteiger partial charge on any atom is 0.175 e. The summed E-state index contributed by atoms with van der Waals surface area (Å²) in [6, 6.07) is 7.22. The predicted molar refractivity (Wildman–Crippen MR) is 70.7 cm³/mol. The maximum absolute atomic E-state index is 13.5. The molecule has 2 aromatic carbocycles. The number of ether oxygens (including phenoxy) is 1. The SMILES string of the molecule is Cc1cc(S(C)(=O)=O)ccc1Oc1ccc(F)cc1F. The van der Waals surface area contributed by atoms with Crippen LogP contribution in [0.25, 0.3) is 0 Å². The standard InChI is InChI=1S/C14H12F2O3S/c1-9-7-11(20(2,17)18)4-6-13(9)19-14-5-3-10(15)8-12(14)16/h3-8H,1-2H3. The van der Waals surface area contributed by atoms with Crippen LogP contribution in [0.4, 0.5) is 8.78 Å². The van der Waals surface area contributed by atoms with Crippen molar-refractivity contribution in [3.63, 3.8) is 0 Å². The average Bonchev–Trinajstić information content (AvgIpc) is 2.33. The van der Waals surface area contributed by atoms with E-state index in [1.165, 1.54) is 24.3 Å². The Balaban J connectivity index is 2.35. The van der Waals surface area contributed by atoms with Crippen LogP contribution in [0.2, 0.25) is 0 Å². The zero-order valence-corrected chi connectivity index (χ0v) is 11.7. The number of sulfone groups is 1. The Hall–Kier alpha value is -1.95. The molecule has 0 radical (unpaired) electrons. The molecular weight excluding hydrogens is 286 g/mol. The van der Waals surface area contributed by atoms with Gasteiger partial charge in [0.05, 0.1) is 4.90 Å². The number of hydrogen-bond acceptors (Lipinski definition) is 3. The van der Waals surface area contributed by atoms with Crippen LogP contribution < -0.4 is 4.74 Å². The number of benzene rings is 2. The largest absolute Gasteiger partial charge is 0.454 e. The summed E-state index contributed by atoms with van der Waals surface area (Å²) in [5.74, 6) is -1.33. The van der Waals surface area contributed by atoms with Crippen molar-refractivity contribution in [1.82, 2.24) is 0 Å². The van der Waals surface area contributed by atoms with Crippen LogP contribution in [0.1, 0.15) is 5.56 Å². The Morgan fingerprint density at radius 1 is 1.00 bits per heavy atom. The van der Waals surface area contributed by atoms with Gasteiger partial charge in [-0.15, -0.1) is 0 Å². The lowest BCUT2D eigenvalue weighted by atomic mass is 10.2. The van der Waals surface area contributed by atoms with Gasteiger partial charge in [-0.3, -0.25) is 0 Å². The molecular formula is C14H12F2O3S. The van der Waals surface area contributed by atoms with E-state index in [0.29, 0.717) is 11.3 Å². The van der Waals surface area contributed by atoms with E-state index in [9.17, 15) is 17.2 Å². The Bertz CT molecular complexity index is 755. The molecule has 0 atom stereocenters. The van der Waals surface area contributed by atoms with Crippen molar-refractivity contribution in [3.8, 4) is 11.5 Å². The first kappa shape index (κ1) is 14.5. The van der Waals surface area contributed by atoms with E-state index in [4.69, 9.17) is 4.74 Å². The van der Waals surface area contributed by atoms with Crippen molar-refractivity contribution >= 4 is 9.84 Å². The molecule has 0 aliphatic rings. The molecule has 106 valence electrons. The van der Waals surface area contributed by atoms with Crippen molar-refractivity contribution < 1.29 is 21.9 Å². The molecule has 0 bridgehead atoms. The highest BCUT2D eigenvalue weighted by Gasteiger charge is 2.12. The van der Waals surface area contributed by atoms with E-state index in [2.05, 4.69) is 0 Å². The summed E-state index contributed by atoms with van der Waals surface area (Å²) in [6.07, 6.45) is 1.10. The Morgan fingerprint density at radius 3 is 2.20 bits per heavy atom. The minimum absolute atomic E-state index is 0.124. The van der Waals surface area contributed by atoms with Crippen LogP contribution in [0.15, 0.2) is 41.3 Å². The summed E-state index contributed by atoms with van der Waals surface area (Å²) in [5.41, 5.74) is 0.539. The van der Waals surface area contributed by atoms with E-state index in [0.717, 1.165) is 18.4 Å². The van der Waals surface area contributed by atoms with Crippen molar-refractivity contribution in [2.24, 2.45) is 0 Å². The highest BCUT2D eigenvalue weighted by Crippen LogP contribution is 2.29. The van der Waals surface area contributed by atoms with Gasteiger partial charge in [-0.05, 0) is 42.8 Å². The summed E-state index contributed by atoms with van der Waals surface area (Å²) in [4.78, 5) is 0.155. The van der Waals surface area contributed by atoms with Gasteiger partial charge in [0.1, 0.15) is 11.6 Å². The second-order valence-corrected chi connectivity index (χ2v) is 6.39. The van der Waals surface area contributed by atoms with Crippen molar-refractivity contribution in [1.29, 1.82) is 0 Å². The second kappa shape index (κ2) is 5.20. The summed E-state index contributed by atoms with van der Waals surface area (Å²) in [5, 5.41) is 0. The maximum atomic E-state index is 13.5. The molecule has 0 unspecified atom stereocenters. The van der Waals surface area contributed by atoms with Gasteiger partial charge < -0.3 is 4.74 Å². The molecule has 0 aliphatic heterocycles. The van der Waals surface area contributed by atoms with Gasteiger partial charge in [-0.2, -0.15) is 0 Å². The Kier molecular flexibility index (Phi) is 3.76. The molecule has 2 aromatic rings. The van der Waals surface area contributed by atoms with E-state index >= 15 is 0 Å². The molecule has 20 heavy (non-hydrogen) atoms. The van der Waals surface area contributed by atoms with E-state index < -0.39 is 21.5 Å². The molecule has 0 saturated carbocycles. The zero-order valence-electron chi connectivity index (χ0n) is 10.9. The highest BCUT2D eigenvalue weighted by molar-refractivity contribution is 7.90. The Morgan fingerprint density at radius 2 is 1.65 bits per heavy atom. The lowest BCUT2D eigenvalue weighted by Crippen LogP contribution is -1.98. The molecule has 2 rings (SSSR count). The molecule has 0 amide bonds. The zero-order chi connectivity index (χ0) is 14.9. The van der Waals surface area contributed by atoms with Crippen molar-refractivity contribution in [2.45, 2.75) is 11.8 Å². The van der Waals surface area contributed by atoms with Gasteiger partial charge in [0.2, 0.25) is 0 Å². The second-order valence-electron chi connectivity index (χ2n) is 4.38. The van der Waals surface area contributed by atoms with Crippen LogP contribution >= 0.6 is 0 Å². The van der Waals surface area contributed by atoms with Gasteiger partial charge in [0.15, 0.2) is 21.4 Å². The predicted octanol–water partition coefficient (Wildman–Crippen LogP) is 3.47. The molecule has 0 saturated heterocycles. The topological polar surface area (TPSA) is 43.4 Å². The summed E-state index contributed by atoms with van der Waals surface area (Å²) >= 11 is 0. The average molecular weight is 298 g/mol. The molecule has 0 fully saturated rings. The number of halogens is 2. The van der Waals surface area contributed by atoms with Gasteiger partial charge in [-0.1, -0.05) is 0 Å². The van der Waals surface area contributed by atoms with E-state index in [1.54, 1.807) is 6.92 Å². The number of hydrogen-bond donors (Lipinski definition) is 0. The molecule has 0 aliphatic carbocycles. The first-order valence-electron chi connectivity index (χ1n) is 5.71. The van der Waals surface area contributed by atoms with Crippen LogP contribution in [0.5, 0.6) is 11.5 Å². The summed E-state index contributed by atoms with van der Waals surface area (Å²) in [7, 11) is -3.31. The van der Waals surface area contributed by atoms with Crippen LogP contribution in [0.3, 0.4) is 0 Å². The quantitative estimate of drug-likeness (QED) is 0.871. The van der Waals surface area contributed by atoms with E-state index in [1.807, 2.05) is 0 Å². The fourth-order valence-corrected chi connectivity index (χ4v) is 2.35. The van der Waals surface area contributed by atoms with Crippen molar-refractivity contribution in [3.05, 3.63) is 53.6 Å². The lowest BCUT2D eigenvalue weighted by molar-refractivity contribution is 0.435. The first-order valence-corrected chi connectivity index (χ1v) is 7.60. The van der Waals surface area contributed by atoms with Gasteiger partial charge >= 0.3 is 0 Å². The van der Waals surface area contributed by atoms with E-state index in [-0.39, 0.29) is 10.6 Å². The summed E-state index contributed by atoms with van der Waals surface area (Å²) in [6.45, 7) is 1.64.